The molecule has 1 heterocycles. The van der Waals surface area contributed by atoms with E-state index in [1.165, 1.54) is 0 Å². The molecule has 1 nitrogen and oxygen atoms in total. The number of hydrogen-bond donors (Lipinski definition) is 0. The molecule has 0 spiro atoms. The first-order valence-corrected chi connectivity index (χ1v) is 4.20. The first kappa shape index (κ1) is 8.82. The van der Waals surface area contributed by atoms with Crippen molar-refractivity contribution in [2.45, 2.75) is 17.9 Å². The molecule has 1 aliphatic heterocycles. The number of ether oxygens (including phenoxy) is 1. The molecule has 62 valence electrons. The van der Waals surface area contributed by atoms with Crippen LogP contribution in [0.4, 0.5) is 0 Å². The van der Waals surface area contributed by atoms with Gasteiger partial charge in [-0.1, -0.05) is 24.3 Å². The van der Waals surface area contributed by atoms with Crippen molar-refractivity contribution in [1.82, 2.24) is 0 Å². The van der Waals surface area contributed by atoms with E-state index in [2.05, 4.69) is 13.2 Å². The van der Waals surface area contributed by atoms with Crippen molar-refractivity contribution < 1.29 is 4.74 Å². The minimum Gasteiger partial charge on any atom is -0.356 e. The second-order valence-corrected chi connectivity index (χ2v) is 3.33. The van der Waals surface area contributed by atoms with Gasteiger partial charge in [-0.05, 0) is 18.9 Å². The highest BCUT2D eigenvalue weighted by Gasteiger charge is 2.35. The van der Waals surface area contributed by atoms with Gasteiger partial charge >= 0.3 is 0 Å². The second kappa shape index (κ2) is 3.42. The van der Waals surface area contributed by atoms with E-state index in [4.69, 9.17) is 16.3 Å². The van der Waals surface area contributed by atoms with Gasteiger partial charge in [0.1, 0.15) is 0 Å². The Balaban J connectivity index is 2.72. The highest BCUT2D eigenvalue weighted by atomic mass is 35.5. The predicted molar refractivity (Wildman–Crippen MR) is 47.7 cm³/mol. The van der Waals surface area contributed by atoms with Crippen LogP contribution in [0, 0.1) is 5.92 Å². The van der Waals surface area contributed by atoms with Gasteiger partial charge in [-0.2, -0.15) is 0 Å². The maximum absolute atomic E-state index is 6.11. The lowest BCUT2D eigenvalue weighted by atomic mass is 9.94. The Morgan fingerprint density at radius 1 is 1.55 bits per heavy atom. The predicted octanol–water partition coefficient (Wildman–Crippen LogP) is 2.72. The summed E-state index contributed by atoms with van der Waals surface area (Å²) in [5.74, 6) is 0.204. The molecule has 0 aliphatic carbocycles. The average Bonchev–Trinajstić information content (AvgIpc) is 2.05. The standard InChI is InChI=1S/C9H13ClO/c1-3-8-6-5-7-11-9(8,10)4-2/h3-4,8H,1-2,5-7H2. The molecule has 0 bridgehead atoms. The van der Waals surface area contributed by atoms with Crippen LogP contribution in [0.25, 0.3) is 0 Å². The summed E-state index contributed by atoms with van der Waals surface area (Å²) in [5, 5.41) is -0.694. The minimum absolute atomic E-state index is 0.204. The van der Waals surface area contributed by atoms with Gasteiger partial charge in [-0.3, -0.25) is 0 Å². The van der Waals surface area contributed by atoms with Crippen LogP contribution in [0.15, 0.2) is 25.3 Å². The van der Waals surface area contributed by atoms with Crippen molar-refractivity contribution in [3.63, 3.8) is 0 Å². The van der Waals surface area contributed by atoms with E-state index < -0.39 is 5.06 Å². The molecular weight excluding hydrogens is 160 g/mol. The number of halogens is 1. The molecular formula is C9H13ClO. The molecule has 2 atom stereocenters. The van der Waals surface area contributed by atoms with Crippen molar-refractivity contribution in [3.8, 4) is 0 Å². The highest BCUT2D eigenvalue weighted by molar-refractivity contribution is 6.24. The summed E-state index contributed by atoms with van der Waals surface area (Å²) in [5.41, 5.74) is 0. The van der Waals surface area contributed by atoms with Gasteiger partial charge in [0.05, 0.1) is 0 Å². The molecule has 2 unspecified atom stereocenters. The lowest BCUT2D eigenvalue weighted by Crippen LogP contribution is -2.36. The summed E-state index contributed by atoms with van der Waals surface area (Å²) in [6, 6.07) is 0. The molecule has 0 saturated carbocycles. The third kappa shape index (κ3) is 1.66. The van der Waals surface area contributed by atoms with Gasteiger partial charge in [-0.25, -0.2) is 0 Å². The Morgan fingerprint density at radius 2 is 2.27 bits per heavy atom. The van der Waals surface area contributed by atoms with E-state index in [0.717, 1.165) is 19.4 Å². The number of rotatable bonds is 2. The van der Waals surface area contributed by atoms with Gasteiger partial charge in [0, 0.05) is 12.5 Å². The maximum atomic E-state index is 6.11. The summed E-state index contributed by atoms with van der Waals surface area (Å²) < 4.78 is 5.39. The van der Waals surface area contributed by atoms with Gasteiger partial charge in [0.25, 0.3) is 0 Å². The Bertz CT molecular complexity index is 167. The van der Waals surface area contributed by atoms with E-state index in [0.29, 0.717) is 0 Å². The van der Waals surface area contributed by atoms with Crippen LogP contribution in [-0.4, -0.2) is 11.7 Å². The van der Waals surface area contributed by atoms with Gasteiger partial charge < -0.3 is 4.74 Å². The van der Waals surface area contributed by atoms with Crippen LogP contribution in [-0.2, 0) is 4.74 Å². The average molecular weight is 173 g/mol. The summed E-state index contributed by atoms with van der Waals surface area (Å²) in [6.07, 6.45) is 5.59. The zero-order valence-corrected chi connectivity index (χ0v) is 7.31. The Morgan fingerprint density at radius 3 is 2.73 bits per heavy atom. The zero-order valence-electron chi connectivity index (χ0n) is 6.55. The monoisotopic (exact) mass is 172 g/mol. The van der Waals surface area contributed by atoms with Crippen LogP contribution < -0.4 is 0 Å². The van der Waals surface area contributed by atoms with Crippen LogP contribution in [0.5, 0.6) is 0 Å². The van der Waals surface area contributed by atoms with Crippen molar-refractivity contribution in [1.29, 1.82) is 0 Å². The fourth-order valence-electron chi connectivity index (χ4n) is 1.32. The van der Waals surface area contributed by atoms with E-state index in [1.807, 2.05) is 6.08 Å². The molecule has 1 aliphatic rings. The quantitative estimate of drug-likeness (QED) is 0.460. The third-order valence-electron chi connectivity index (χ3n) is 2.05. The summed E-state index contributed by atoms with van der Waals surface area (Å²) in [4.78, 5) is 0. The summed E-state index contributed by atoms with van der Waals surface area (Å²) >= 11 is 6.11. The topological polar surface area (TPSA) is 9.23 Å². The van der Waals surface area contributed by atoms with Gasteiger partial charge in [0.15, 0.2) is 5.06 Å². The molecule has 0 N–H and O–H groups in total. The molecule has 0 radical (unpaired) electrons. The number of alkyl halides is 1. The molecule has 0 aromatic heterocycles. The third-order valence-corrected chi connectivity index (χ3v) is 2.59. The number of hydrogen-bond acceptors (Lipinski definition) is 1. The lowest BCUT2D eigenvalue weighted by molar-refractivity contribution is -0.0112. The van der Waals surface area contributed by atoms with Crippen LogP contribution in [0.1, 0.15) is 12.8 Å². The Labute approximate surface area is 72.7 Å². The fraction of sp³-hybridized carbons (Fsp3) is 0.556. The Kier molecular flexibility index (Phi) is 2.74. The van der Waals surface area contributed by atoms with Crippen LogP contribution >= 0.6 is 11.6 Å². The molecule has 1 saturated heterocycles. The summed E-state index contributed by atoms with van der Waals surface area (Å²) in [6.45, 7) is 8.09. The van der Waals surface area contributed by atoms with E-state index in [-0.39, 0.29) is 5.92 Å². The molecule has 0 aromatic carbocycles. The summed E-state index contributed by atoms with van der Waals surface area (Å²) in [7, 11) is 0. The smallest absolute Gasteiger partial charge is 0.166 e. The van der Waals surface area contributed by atoms with Crippen molar-refractivity contribution in [2.75, 3.05) is 6.61 Å². The van der Waals surface area contributed by atoms with E-state index in [1.54, 1.807) is 6.08 Å². The van der Waals surface area contributed by atoms with E-state index >= 15 is 0 Å². The largest absolute Gasteiger partial charge is 0.356 e. The van der Waals surface area contributed by atoms with Crippen molar-refractivity contribution in [3.05, 3.63) is 25.3 Å². The Hall–Kier alpha value is -0.270. The van der Waals surface area contributed by atoms with Crippen LogP contribution in [0.2, 0.25) is 0 Å². The van der Waals surface area contributed by atoms with E-state index in [9.17, 15) is 0 Å². The molecule has 0 aromatic rings. The molecule has 0 amide bonds. The van der Waals surface area contributed by atoms with Gasteiger partial charge in [-0.15, -0.1) is 6.58 Å². The first-order chi connectivity index (χ1) is 5.23. The fourth-order valence-corrected chi connectivity index (χ4v) is 1.60. The maximum Gasteiger partial charge on any atom is 0.166 e. The zero-order chi connectivity index (χ0) is 8.32. The van der Waals surface area contributed by atoms with Gasteiger partial charge in [0.2, 0.25) is 0 Å². The van der Waals surface area contributed by atoms with Crippen molar-refractivity contribution in [2.24, 2.45) is 5.92 Å². The highest BCUT2D eigenvalue weighted by Crippen LogP contribution is 2.36. The van der Waals surface area contributed by atoms with Crippen LogP contribution in [0.3, 0.4) is 0 Å². The molecule has 2 heteroatoms. The second-order valence-electron chi connectivity index (χ2n) is 2.73. The normalized spacial score (nSPS) is 38.1. The molecule has 1 rings (SSSR count). The molecule has 11 heavy (non-hydrogen) atoms. The van der Waals surface area contributed by atoms with Crippen molar-refractivity contribution >= 4 is 11.6 Å². The minimum atomic E-state index is -0.694. The first-order valence-electron chi connectivity index (χ1n) is 3.82. The SMILES string of the molecule is C=CC1CCCOC1(Cl)C=C. The lowest BCUT2D eigenvalue weighted by Gasteiger charge is -2.34. The molecule has 1 fully saturated rings.